The molecule has 5 rings (SSSR count). The summed E-state index contributed by atoms with van der Waals surface area (Å²) in [6.45, 7) is 2.25. The van der Waals surface area contributed by atoms with E-state index in [-0.39, 0.29) is 12.2 Å². The highest BCUT2D eigenvalue weighted by Crippen LogP contribution is 2.42. The van der Waals surface area contributed by atoms with E-state index < -0.39 is 0 Å². The molecule has 166 valence electrons. The third kappa shape index (κ3) is 4.58. The van der Waals surface area contributed by atoms with Crippen LogP contribution in [0.5, 0.6) is 0 Å². The van der Waals surface area contributed by atoms with Gasteiger partial charge in [-0.2, -0.15) is 0 Å². The van der Waals surface area contributed by atoms with E-state index in [0.29, 0.717) is 12.1 Å². The molecule has 2 bridgehead atoms. The number of halogens is 1. The monoisotopic (exact) mass is 445 g/mol. The highest BCUT2D eigenvalue weighted by molar-refractivity contribution is 6.30. The van der Waals surface area contributed by atoms with Gasteiger partial charge in [-0.05, 0) is 73.1 Å². The van der Waals surface area contributed by atoms with Crippen LogP contribution < -0.4 is 4.90 Å². The zero-order chi connectivity index (χ0) is 21.9. The molecule has 0 aromatic heterocycles. The summed E-state index contributed by atoms with van der Waals surface area (Å²) in [4.78, 5) is 2.69. The van der Waals surface area contributed by atoms with E-state index in [2.05, 4.69) is 78.6 Å². The number of hydrogen-bond acceptors (Lipinski definition) is 2. The van der Waals surface area contributed by atoms with Gasteiger partial charge in [-0.15, -0.1) is 0 Å². The number of nitrogens with zero attached hydrogens (tertiary/aromatic N) is 1. The van der Waals surface area contributed by atoms with Gasteiger partial charge in [0.25, 0.3) is 0 Å². The molecular formula is C29H32ClNO. The molecule has 2 fully saturated rings. The second kappa shape index (κ2) is 9.68. The van der Waals surface area contributed by atoms with Crippen LogP contribution in [0.1, 0.15) is 61.8 Å². The summed E-state index contributed by atoms with van der Waals surface area (Å²) in [5.41, 5.74) is 5.23. The van der Waals surface area contributed by atoms with Crippen LogP contribution in [0.2, 0.25) is 5.02 Å². The van der Waals surface area contributed by atoms with Crippen LogP contribution in [0.15, 0.2) is 78.9 Å². The summed E-state index contributed by atoms with van der Waals surface area (Å²) < 4.78 is 6.86. The lowest BCUT2D eigenvalue weighted by Gasteiger charge is -2.41. The van der Waals surface area contributed by atoms with E-state index in [1.165, 1.54) is 41.6 Å². The number of ether oxygens (including phenoxy) is 1. The fraction of sp³-hybridized carbons (Fsp3) is 0.379. The van der Waals surface area contributed by atoms with Crippen LogP contribution >= 0.6 is 11.6 Å². The Hall–Kier alpha value is -2.29. The minimum atomic E-state index is -0.0581. The third-order valence-corrected chi connectivity index (χ3v) is 7.29. The average Bonchev–Trinajstić information content (AvgIpc) is 3.09. The molecule has 3 aromatic rings. The lowest BCUT2D eigenvalue weighted by Crippen LogP contribution is -2.46. The molecule has 2 nitrogen and oxygen atoms in total. The quantitative estimate of drug-likeness (QED) is 0.371. The van der Waals surface area contributed by atoms with Crippen molar-refractivity contribution in [2.24, 2.45) is 0 Å². The summed E-state index contributed by atoms with van der Waals surface area (Å²) in [7, 11) is 0. The van der Waals surface area contributed by atoms with Gasteiger partial charge in [0.15, 0.2) is 0 Å². The minimum Gasteiger partial charge on any atom is -0.365 e. The predicted molar refractivity (Wildman–Crippen MR) is 134 cm³/mol. The van der Waals surface area contributed by atoms with Crippen molar-refractivity contribution >= 4 is 17.3 Å². The first-order valence-corrected chi connectivity index (χ1v) is 12.4. The maximum atomic E-state index is 6.86. The van der Waals surface area contributed by atoms with Gasteiger partial charge < -0.3 is 9.64 Å². The van der Waals surface area contributed by atoms with Gasteiger partial charge in [-0.3, -0.25) is 0 Å². The molecule has 2 aliphatic rings. The van der Waals surface area contributed by atoms with Gasteiger partial charge >= 0.3 is 0 Å². The van der Waals surface area contributed by atoms with Crippen LogP contribution in [0, 0.1) is 0 Å². The molecule has 0 spiro atoms. The number of rotatable bonds is 7. The maximum absolute atomic E-state index is 6.86. The fourth-order valence-corrected chi connectivity index (χ4v) is 5.75. The first-order valence-electron chi connectivity index (χ1n) is 12.0. The van der Waals surface area contributed by atoms with Crippen molar-refractivity contribution in [3.63, 3.8) is 0 Å². The molecule has 2 aliphatic heterocycles. The van der Waals surface area contributed by atoms with E-state index in [4.69, 9.17) is 16.3 Å². The van der Waals surface area contributed by atoms with Crippen LogP contribution in [-0.4, -0.2) is 18.2 Å². The van der Waals surface area contributed by atoms with E-state index in [1.54, 1.807) is 0 Å². The maximum Gasteiger partial charge on any atom is 0.108 e. The molecule has 0 amide bonds. The Morgan fingerprint density at radius 2 is 1.56 bits per heavy atom. The number of aryl methyl sites for hydroxylation is 1. The summed E-state index contributed by atoms with van der Waals surface area (Å²) in [6.07, 6.45) is 7.26. The van der Waals surface area contributed by atoms with Crippen LogP contribution in [0.3, 0.4) is 0 Å². The van der Waals surface area contributed by atoms with Crippen molar-refractivity contribution in [1.29, 1.82) is 0 Å². The minimum absolute atomic E-state index is 0.0581. The predicted octanol–water partition coefficient (Wildman–Crippen LogP) is 7.60. The topological polar surface area (TPSA) is 12.5 Å². The van der Waals surface area contributed by atoms with Crippen LogP contribution in [0.4, 0.5) is 5.69 Å². The molecule has 0 N–H and O–H groups in total. The van der Waals surface area contributed by atoms with Gasteiger partial charge in [0.1, 0.15) is 6.10 Å². The highest BCUT2D eigenvalue weighted by Gasteiger charge is 2.42. The zero-order valence-electron chi connectivity index (χ0n) is 18.8. The van der Waals surface area contributed by atoms with Crippen LogP contribution in [0.25, 0.3) is 0 Å². The summed E-state index contributed by atoms with van der Waals surface area (Å²) in [6, 6.07) is 29.1. The highest BCUT2D eigenvalue weighted by atomic mass is 35.5. The van der Waals surface area contributed by atoms with Gasteiger partial charge in [0, 0.05) is 22.8 Å². The molecule has 3 heteroatoms. The molecule has 2 heterocycles. The third-order valence-electron chi connectivity index (χ3n) is 7.04. The Morgan fingerprint density at radius 1 is 0.875 bits per heavy atom. The van der Waals surface area contributed by atoms with Gasteiger partial charge in [-0.25, -0.2) is 0 Å². The Morgan fingerprint density at radius 3 is 2.25 bits per heavy atom. The van der Waals surface area contributed by atoms with Crippen molar-refractivity contribution in [3.8, 4) is 0 Å². The first-order chi connectivity index (χ1) is 15.7. The Kier molecular flexibility index (Phi) is 6.52. The lowest BCUT2D eigenvalue weighted by atomic mass is 9.96. The first kappa shape index (κ1) is 21.6. The number of piperidine rings is 1. The van der Waals surface area contributed by atoms with Crippen LogP contribution in [-0.2, 0) is 11.2 Å². The Bertz CT molecular complexity index is 1000. The van der Waals surface area contributed by atoms with Gasteiger partial charge in [-0.1, -0.05) is 79.5 Å². The van der Waals surface area contributed by atoms with Crippen molar-refractivity contribution in [2.45, 2.75) is 69.7 Å². The number of anilines is 1. The molecule has 3 aromatic carbocycles. The van der Waals surface area contributed by atoms with E-state index in [1.807, 2.05) is 12.1 Å². The number of hydrogen-bond donors (Lipinski definition) is 0. The Balaban J connectivity index is 1.35. The number of fused-ring (bicyclic) bond motifs is 2. The molecule has 0 aliphatic carbocycles. The fourth-order valence-electron chi connectivity index (χ4n) is 5.63. The summed E-state index contributed by atoms with van der Waals surface area (Å²) in [5.74, 6) is 0. The largest absolute Gasteiger partial charge is 0.365 e. The molecule has 2 unspecified atom stereocenters. The standard InChI is InChI=1S/C29H32ClNO/c1-2-7-21-8-6-11-25(18-21)31-26-16-17-27(31)20-28(19-26)32-29(22-9-4-3-5-10-22)23-12-14-24(30)15-13-23/h3-6,8-15,18,26-29H,2,7,16-17,19-20H2,1H3/t26-,27+,28?,29?. The summed E-state index contributed by atoms with van der Waals surface area (Å²) >= 11 is 6.16. The molecule has 2 saturated heterocycles. The SMILES string of the molecule is CCCc1cccc(N2[C@@H]3CC[C@H]2CC(OC(c2ccccc2)c2ccc(Cl)cc2)C3)c1. The molecular weight excluding hydrogens is 414 g/mol. The van der Waals surface area contributed by atoms with Crippen molar-refractivity contribution in [1.82, 2.24) is 0 Å². The zero-order valence-corrected chi connectivity index (χ0v) is 19.5. The van der Waals surface area contributed by atoms with E-state index >= 15 is 0 Å². The molecule has 32 heavy (non-hydrogen) atoms. The molecule has 0 radical (unpaired) electrons. The van der Waals surface area contributed by atoms with E-state index in [9.17, 15) is 0 Å². The van der Waals surface area contributed by atoms with Gasteiger partial charge in [0.2, 0.25) is 0 Å². The summed E-state index contributed by atoms with van der Waals surface area (Å²) in [5, 5.41) is 0.761. The number of benzene rings is 3. The lowest BCUT2D eigenvalue weighted by molar-refractivity contribution is -0.0132. The Labute approximate surface area is 197 Å². The average molecular weight is 446 g/mol. The van der Waals surface area contributed by atoms with E-state index in [0.717, 1.165) is 24.3 Å². The second-order valence-corrected chi connectivity index (χ2v) is 9.72. The molecule has 0 saturated carbocycles. The normalized spacial score (nSPS) is 23.3. The van der Waals surface area contributed by atoms with Crippen molar-refractivity contribution in [3.05, 3.63) is 101 Å². The van der Waals surface area contributed by atoms with Crippen molar-refractivity contribution < 1.29 is 4.74 Å². The smallest absolute Gasteiger partial charge is 0.108 e. The molecule has 4 atom stereocenters. The van der Waals surface area contributed by atoms with Crippen molar-refractivity contribution in [2.75, 3.05) is 4.90 Å². The van der Waals surface area contributed by atoms with Gasteiger partial charge in [0.05, 0.1) is 6.10 Å². The second-order valence-electron chi connectivity index (χ2n) is 9.28.